The Hall–Kier alpha value is -1.58. The van der Waals surface area contributed by atoms with Gasteiger partial charge < -0.3 is 10.2 Å². The molecule has 1 aromatic heterocycles. The summed E-state index contributed by atoms with van der Waals surface area (Å²) in [6, 6.07) is 5.42. The molecule has 0 fully saturated rings. The van der Waals surface area contributed by atoms with Crippen LogP contribution in [0.1, 0.15) is 24.3 Å². The van der Waals surface area contributed by atoms with E-state index in [1.54, 1.807) is 18.0 Å². The molecule has 1 N–H and O–H groups in total. The molecular weight excluding hydrogens is 190 g/mol. The summed E-state index contributed by atoms with van der Waals surface area (Å²) in [7, 11) is 1.77. The topological polar surface area (TPSA) is 45.2 Å². The van der Waals surface area contributed by atoms with Gasteiger partial charge in [-0.1, -0.05) is 6.07 Å². The first-order valence-electron chi connectivity index (χ1n) is 5.15. The molecule has 0 bridgehead atoms. The molecule has 1 aromatic rings. The largest absolute Gasteiger partial charge is 0.370 e. The van der Waals surface area contributed by atoms with Crippen LogP contribution in [0, 0.1) is 0 Å². The number of pyridine rings is 1. The van der Waals surface area contributed by atoms with Crippen molar-refractivity contribution in [1.82, 2.24) is 9.88 Å². The lowest BCUT2D eigenvalue weighted by Gasteiger charge is -2.14. The summed E-state index contributed by atoms with van der Waals surface area (Å²) in [6.07, 6.45) is 0. The quantitative estimate of drug-likeness (QED) is 0.815. The van der Waals surface area contributed by atoms with Crippen molar-refractivity contribution in [2.75, 3.05) is 25.5 Å². The van der Waals surface area contributed by atoms with Gasteiger partial charge in [-0.2, -0.15) is 0 Å². The number of anilines is 1. The van der Waals surface area contributed by atoms with Crippen molar-refractivity contribution in [1.29, 1.82) is 0 Å². The van der Waals surface area contributed by atoms with Crippen LogP contribution in [0.2, 0.25) is 0 Å². The Labute approximate surface area is 90.3 Å². The summed E-state index contributed by atoms with van der Waals surface area (Å²) in [6.45, 7) is 5.42. The van der Waals surface area contributed by atoms with Crippen LogP contribution in [0.5, 0.6) is 0 Å². The second kappa shape index (κ2) is 5.34. The molecule has 15 heavy (non-hydrogen) atoms. The van der Waals surface area contributed by atoms with Crippen LogP contribution in [0.25, 0.3) is 0 Å². The Morgan fingerprint density at radius 3 is 2.80 bits per heavy atom. The monoisotopic (exact) mass is 207 g/mol. The fourth-order valence-corrected chi connectivity index (χ4v) is 1.17. The van der Waals surface area contributed by atoms with E-state index in [0.717, 1.165) is 12.4 Å². The Bertz CT molecular complexity index is 338. The average Bonchev–Trinajstić information content (AvgIpc) is 2.28. The van der Waals surface area contributed by atoms with Crippen molar-refractivity contribution >= 4 is 11.7 Å². The number of carbonyl (C=O) groups is 1. The SMILES string of the molecule is CCNc1cccc(C(=O)N(C)CC)n1. The number of nitrogens with zero attached hydrogens (tertiary/aromatic N) is 2. The van der Waals surface area contributed by atoms with Gasteiger partial charge in [0.1, 0.15) is 11.5 Å². The molecule has 0 unspecified atom stereocenters. The van der Waals surface area contributed by atoms with Gasteiger partial charge in [-0.05, 0) is 26.0 Å². The summed E-state index contributed by atoms with van der Waals surface area (Å²) in [5.74, 6) is 0.699. The predicted octanol–water partition coefficient (Wildman–Crippen LogP) is 1.61. The number of hydrogen-bond donors (Lipinski definition) is 1. The van der Waals surface area contributed by atoms with Crippen LogP contribution < -0.4 is 5.32 Å². The minimum atomic E-state index is -0.0442. The Morgan fingerprint density at radius 2 is 2.20 bits per heavy atom. The van der Waals surface area contributed by atoms with E-state index < -0.39 is 0 Å². The number of rotatable bonds is 4. The summed E-state index contributed by atoms with van der Waals surface area (Å²) in [5.41, 5.74) is 0.484. The highest BCUT2D eigenvalue weighted by Crippen LogP contribution is 2.06. The molecule has 0 aliphatic rings. The van der Waals surface area contributed by atoms with Gasteiger partial charge >= 0.3 is 0 Å². The van der Waals surface area contributed by atoms with Crippen molar-refractivity contribution in [2.24, 2.45) is 0 Å². The summed E-state index contributed by atoms with van der Waals surface area (Å²) < 4.78 is 0. The number of aromatic nitrogens is 1. The number of carbonyl (C=O) groups excluding carboxylic acids is 1. The second-order valence-electron chi connectivity index (χ2n) is 3.26. The molecule has 0 aliphatic heterocycles. The molecule has 0 saturated heterocycles. The zero-order valence-corrected chi connectivity index (χ0v) is 9.45. The Morgan fingerprint density at radius 1 is 1.47 bits per heavy atom. The van der Waals surface area contributed by atoms with Crippen LogP contribution in [0.15, 0.2) is 18.2 Å². The van der Waals surface area contributed by atoms with Gasteiger partial charge in [0.25, 0.3) is 5.91 Å². The van der Waals surface area contributed by atoms with Crippen molar-refractivity contribution in [3.63, 3.8) is 0 Å². The average molecular weight is 207 g/mol. The van der Waals surface area contributed by atoms with E-state index in [2.05, 4.69) is 10.3 Å². The first-order valence-corrected chi connectivity index (χ1v) is 5.15. The predicted molar refractivity (Wildman–Crippen MR) is 61.0 cm³/mol. The maximum absolute atomic E-state index is 11.8. The molecule has 1 amide bonds. The third kappa shape index (κ3) is 2.94. The molecule has 1 rings (SSSR count). The molecule has 0 atom stereocenters. The fourth-order valence-electron chi connectivity index (χ4n) is 1.17. The summed E-state index contributed by atoms with van der Waals surface area (Å²) in [5, 5.41) is 3.08. The lowest BCUT2D eigenvalue weighted by Crippen LogP contribution is -2.27. The van der Waals surface area contributed by atoms with Gasteiger partial charge in [0.2, 0.25) is 0 Å². The molecule has 0 saturated carbocycles. The third-order valence-electron chi connectivity index (χ3n) is 2.15. The van der Waals surface area contributed by atoms with E-state index in [1.807, 2.05) is 26.0 Å². The molecule has 0 aliphatic carbocycles. The fraction of sp³-hybridized carbons (Fsp3) is 0.455. The van der Waals surface area contributed by atoms with Crippen LogP contribution in [-0.4, -0.2) is 35.9 Å². The first-order chi connectivity index (χ1) is 7.19. The van der Waals surface area contributed by atoms with E-state index >= 15 is 0 Å². The molecule has 82 valence electrons. The van der Waals surface area contributed by atoms with Crippen molar-refractivity contribution in [3.05, 3.63) is 23.9 Å². The van der Waals surface area contributed by atoms with Gasteiger partial charge in [-0.25, -0.2) is 4.98 Å². The zero-order chi connectivity index (χ0) is 11.3. The zero-order valence-electron chi connectivity index (χ0n) is 9.45. The van der Waals surface area contributed by atoms with E-state index in [-0.39, 0.29) is 5.91 Å². The van der Waals surface area contributed by atoms with Crippen LogP contribution in [0.3, 0.4) is 0 Å². The molecule has 0 aromatic carbocycles. The van der Waals surface area contributed by atoms with Crippen LogP contribution in [-0.2, 0) is 0 Å². The smallest absolute Gasteiger partial charge is 0.272 e. The molecule has 0 spiro atoms. The summed E-state index contributed by atoms with van der Waals surface area (Å²) in [4.78, 5) is 17.6. The lowest BCUT2D eigenvalue weighted by atomic mass is 10.3. The van der Waals surface area contributed by atoms with Crippen LogP contribution >= 0.6 is 0 Å². The normalized spacial score (nSPS) is 9.80. The van der Waals surface area contributed by atoms with Gasteiger partial charge in [-0.15, -0.1) is 0 Å². The molecule has 0 radical (unpaired) electrons. The van der Waals surface area contributed by atoms with Crippen molar-refractivity contribution in [3.8, 4) is 0 Å². The van der Waals surface area contributed by atoms with E-state index in [9.17, 15) is 4.79 Å². The van der Waals surface area contributed by atoms with Crippen LogP contribution in [0.4, 0.5) is 5.82 Å². The molecule has 4 nitrogen and oxygen atoms in total. The molecular formula is C11H17N3O. The van der Waals surface area contributed by atoms with E-state index in [0.29, 0.717) is 12.2 Å². The minimum Gasteiger partial charge on any atom is -0.370 e. The highest BCUT2D eigenvalue weighted by Gasteiger charge is 2.11. The van der Waals surface area contributed by atoms with Crippen molar-refractivity contribution < 1.29 is 4.79 Å². The highest BCUT2D eigenvalue weighted by molar-refractivity contribution is 5.92. The molecule has 4 heteroatoms. The molecule has 1 heterocycles. The maximum atomic E-state index is 11.8. The van der Waals surface area contributed by atoms with Gasteiger partial charge in [-0.3, -0.25) is 4.79 Å². The lowest BCUT2D eigenvalue weighted by molar-refractivity contribution is 0.0797. The number of nitrogens with one attached hydrogen (secondary N) is 1. The summed E-state index contributed by atoms with van der Waals surface area (Å²) >= 11 is 0. The van der Waals surface area contributed by atoms with Gasteiger partial charge in [0.05, 0.1) is 0 Å². The van der Waals surface area contributed by atoms with Gasteiger partial charge in [0, 0.05) is 20.1 Å². The van der Waals surface area contributed by atoms with Gasteiger partial charge in [0.15, 0.2) is 0 Å². The minimum absolute atomic E-state index is 0.0442. The van der Waals surface area contributed by atoms with Crippen molar-refractivity contribution in [2.45, 2.75) is 13.8 Å². The highest BCUT2D eigenvalue weighted by atomic mass is 16.2. The third-order valence-corrected chi connectivity index (χ3v) is 2.15. The maximum Gasteiger partial charge on any atom is 0.272 e. The first kappa shape index (κ1) is 11.5. The standard InChI is InChI=1S/C11H17N3O/c1-4-12-10-8-6-7-9(13-10)11(15)14(3)5-2/h6-8H,4-5H2,1-3H3,(H,12,13). The van der Waals surface area contributed by atoms with E-state index in [1.165, 1.54) is 0 Å². The Balaban J connectivity index is 2.85. The second-order valence-corrected chi connectivity index (χ2v) is 3.26. The Kier molecular flexibility index (Phi) is 4.09. The number of hydrogen-bond acceptors (Lipinski definition) is 3. The van der Waals surface area contributed by atoms with E-state index in [4.69, 9.17) is 0 Å². The number of amides is 1.